The van der Waals surface area contributed by atoms with Crippen LogP contribution in [0.15, 0.2) is 54.6 Å². The van der Waals surface area contributed by atoms with E-state index in [1.54, 1.807) is 0 Å². The van der Waals surface area contributed by atoms with Gasteiger partial charge in [-0.15, -0.1) is 0 Å². The number of non-ortho nitro benzene ring substituents is 6. The predicted molar refractivity (Wildman–Crippen MR) is 124 cm³/mol. The molecule has 0 aliphatic rings. The summed E-state index contributed by atoms with van der Waals surface area (Å²) in [5.41, 5.74) is -3.05. The second kappa shape index (κ2) is 15.3. The SMILES string of the molecule is O=[N+]([O-])c1cc(O)cc([N+](=O)[O-])c1.O=[N+]([O-])c1cc(O)cc([N+](=O)[O-])c1.O=[N+]([O-])c1cc(O)cc([N+](=O)[O-])c1.[Sm]. The second-order valence-corrected chi connectivity index (χ2v) is 6.67. The van der Waals surface area contributed by atoms with Crippen molar-refractivity contribution in [3.05, 3.63) is 115 Å². The van der Waals surface area contributed by atoms with Crippen LogP contribution in [0, 0.1) is 101 Å². The molecule has 3 N–H and O–H groups in total. The largest absolute Gasteiger partial charge is 0.507 e. The summed E-state index contributed by atoms with van der Waals surface area (Å²) < 4.78 is 0. The summed E-state index contributed by atoms with van der Waals surface area (Å²) in [4.78, 5) is 56.3. The summed E-state index contributed by atoms with van der Waals surface area (Å²) in [5.74, 6) is -1.50. The van der Waals surface area contributed by atoms with Crippen LogP contribution in [0.4, 0.5) is 34.1 Å². The number of benzene rings is 3. The Morgan fingerprint density at radius 1 is 0.350 bits per heavy atom. The van der Waals surface area contributed by atoms with Crippen LogP contribution in [0.2, 0.25) is 0 Å². The Hall–Kier alpha value is -5.20. The Bertz CT molecular complexity index is 1210. The molecule has 0 aromatic heterocycles. The van der Waals surface area contributed by atoms with Crippen LogP contribution >= 0.6 is 0 Å². The number of rotatable bonds is 6. The van der Waals surface area contributed by atoms with Gasteiger partial charge in [-0.3, -0.25) is 60.7 Å². The van der Waals surface area contributed by atoms with Gasteiger partial charge in [-0.05, 0) is 0 Å². The smallest absolute Gasteiger partial charge is 0.280 e. The summed E-state index contributed by atoms with van der Waals surface area (Å²) in [6.07, 6.45) is 0. The van der Waals surface area contributed by atoms with E-state index in [9.17, 15) is 60.7 Å². The zero-order valence-corrected chi connectivity index (χ0v) is 21.6. The molecular formula is C18H12N6O15Sm. The van der Waals surface area contributed by atoms with Gasteiger partial charge in [0.1, 0.15) is 17.2 Å². The van der Waals surface area contributed by atoms with E-state index in [4.69, 9.17) is 15.3 Å². The average molecular weight is 703 g/mol. The van der Waals surface area contributed by atoms with Crippen molar-refractivity contribution < 1.29 is 85.2 Å². The first-order valence-electron chi connectivity index (χ1n) is 9.40. The molecule has 3 rings (SSSR count). The third kappa shape index (κ3) is 11.0. The number of nitrogens with zero attached hydrogens (tertiary/aromatic N) is 6. The van der Waals surface area contributed by atoms with Crippen molar-refractivity contribution in [1.82, 2.24) is 0 Å². The summed E-state index contributed by atoms with van der Waals surface area (Å²) in [6.45, 7) is 0. The fraction of sp³-hybridized carbons (Fsp3) is 0. The molecule has 3 aromatic carbocycles. The average Bonchev–Trinajstić information content (AvgIpc) is 2.83. The molecular weight excluding hydrogens is 691 g/mol. The number of nitro benzene ring substituents is 6. The minimum Gasteiger partial charge on any atom is -0.507 e. The Balaban J connectivity index is 0.000000563. The van der Waals surface area contributed by atoms with Gasteiger partial charge in [-0.25, -0.2) is 0 Å². The molecule has 0 heterocycles. The van der Waals surface area contributed by atoms with Gasteiger partial charge >= 0.3 is 0 Å². The Kier molecular flexibility index (Phi) is 13.3. The molecule has 0 amide bonds. The molecule has 3 aromatic rings. The van der Waals surface area contributed by atoms with Gasteiger partial charge in [-0.1, -0.05) is 0 Å². The van der Waals surface area contributed by atoms with E-state index in [0.29, 0.717) is 0 Å². The molecule has 21 nitrogen and oxygen atoms in total. The molecule has 40 heavy (non-hydrogen) atoms. The van der Waals surface area contributed by atoms with Crippen LogP contribution in [0.5, 0.6) is 17.2 Å². The Morgan fingerprint density at radius 3 is 0.575 bits per heavy atom. The maximum Gasteiger partial charge on any atom is 0.280 e. The van der Waals surface area contributed by atoms with Crippen molar-refractivity contribution in [3.8, 4) is 17.2 Å². The first kappa shape index (κ1) is 34.8. The summed E-state index contributed by atoms with van der Waals surface area (Å²) in [5, 5.41) is 87.8. The van der Waals surface area contributed by atoms with Crippen LogP contribution in [-0.2, 0) is 0 Å². The van der Waals surface area contributed by atoms with E-state index < -0.39 is 80.9 Å². The van der Waals surface area contributed by atoms with E-state index in [2.05, 4.69) is 0 Å². The third-order valence-electron chi connectivity index (χ3n) is 3.93. The van der Waals surface area contributed by atoms with E-state index in [1.165, 1.54) is 0 Å². The maximum absolute atomic E-state index is 10.2. The predicted octanol–water partition coefficient (Wildman–Crippen LogP) is 3.63. The molecule has 0 saturated carbocycles. The van der Waals surface area contributed by atoms with Crippen molar-refractivity contribution in [2.75, 3.05) is 0 Å². The first-order chi connectivity index (χ1) is 18.0. The molecule has 0 aliphatic heterocycles. The van der Waals surface area contributed by atoms with Gasteiger partial charge in [-0.2, -0.15) is 0 Å². The van der Waals surface area contributed by atoms with Gasteiger partial charge in [0.15, 0.2) is 0 Å². The minimum atomic E-state index is -0.813. The van der Waals surface area contributed by atoms with E-state index >= 15 is 0 Å². The zero-order valence-electron chi connectivity index (χ0n) is 19.0. The quantitative estimate of drug-likeness (QED) is 0.244. The summed E-state index contributed by atoms with van der Waals surface area (Å²) >= 11 is 0. The molecule has 0 aliphatic carbocycles. The molecule has 0 spiro atoms. The van der Waals surface area contributed by atoms with Crippen molar-refractivity contribution >= 4 is 34.1 Å². The Labute approximate surface area is 250 Å². The van der Waals surface area contributed by atoms with Crippen LogP contribution in [-0.4, -0.2) is 44.9 Å². The molecule has 0 fully saturated rings. The van der Waals surface area contributed by atoms with Gasteiger partial charge in [0.25, 0.3) is 34.1 Å². The van der Waals surface area contributed by atoms with E-state index in [1.807, 2.05) is 0 Å². The topological polar surface area (TPSA) is 320 Å². The molecule has 0 radical (unpaired) electrons. The molecule has 0 unspecified atom stereocenters. The maximum atomic E-state index is 10.2. The van der Waals surface area contributed by atoms with Gasteiger partial charge in [0.05, 0.1) is 84.1 Å². The number of aromatic hydroxyl groups is 3. The fourth-order valence-electron chi connectivity index (χ4n) is 2.37. The molecule has 0 atom stereocenters. The van der Waals surface area contributed by atoms with Crippen LogP contribution < -0.4 is 0 Å². The first-order valence-corrected chi connectivity index (χ1v) is 9.40. The monoisotopic (exact) mass is 704 g/mol. The summed E-state index contributed by atoms with van der Waals surface area (Å²) in [6, 6.07) is 7.37. The van der Waals surface area contributed by atoms with Crippen molar-refractivity contribution in [2.24, 2.45) is 0 Å². The van der Waals surface area contributed by atoms with Crippen LogP contribution in [0.1, 0.15) is 0 Å². The van der Waals surface area contributed by atoms with Crippen molar-refractivity contribution in [1.29, 1.82) is 0 Å². The van der Waals surface area contributed by atoms with Gasteiger partial charge in [0.2, 0.25) is 0 Å². The number of hydrogen-bond donors (Lipinski definition) is 3. The third-order valence-corrected chi connectivity index (χ3v) is 3.93. The number of nitro groups is 6. The van der Waals surface area contributed by atoms with E-state index in [-0.39, 0.29) is 40.4 Å². The Morgan fingerprint density at radius 2 is 0.475 bits per heavy atom. The number of phenolic OH excluding ortho intramolecular Hbond substituents is 3. The second-order valence-electron chi connectivity index (χ2n) is 6.67. The van der Waals surface area contributed by atoms with Gasteiger partial charge < -0.3 is 15.3 Å². The minimum absolute atomic E-state index is 0. The molecule has 0 saturated heterocycles. The summed E-state index contributed by atoms with van der Waals surface area (Å²) in [7, 11) is 0. The van der Waals surface area contributed by atoms with Crippen molar-refractivity contribution in [2.45, 2.75) is 0 Å². The van der Waals surface area contributed by atoms with Crippen LogP contribution in [0.3, 0.4) is 0 Å². The molecule has 210 valence electrons. The zero-order chi connectivity index (χ0) is 30.0. The van der Waals surface area contributed by atoms with E-state index in [0.717, 1.165) is 54.6 Å². The fourth-order valence-corrected chi connectivity index (χ4v) is 2.37. The number of hydrogen-bond acceptors (Lipinski definition) is 15. The standard InChI is InChI=1S/3C6H4N2O5.Sm/c3*9-6-2-4(7(10)11)1-5(3-6)8(12)13;/h3*1-3,9H;. The van der Waals surface area contributed by atoms with Crippen LogP contribution in [0.25, 0.3) is 0 Å². The molecule has 0 bridgehead atoms. The number of phenols is 3. The molecule has 22 heteroatoms. The van der Waals surface area contributed by atoms with Gasteiger partial charge in [0, 0.05) is 40.4 Å². The van der Waals surface area contributed by atoms with Crippen molar-refractivity contribution in [3.63, 3.8) is 0 Å². The normalized spacial score (nSPS) is 9.30.